The Morgan fingerprint density at radius 2 is 1.88 bits per heavy atom. The first-order valence-corrected chi connectivity index (χ1v) is 5.15. The zero-order valence-electron chi connectivity index (χ0n) is 10.2. The standard InChI is InChI=1S/C10H21N3O3/c1-6(7(11)8(12)14)5-13-9(15)16-10(2,3)4/h6-7H,5,11H2,1-4H3,(H2,12,14)(H,13,15). The number of amides is 2. The van der Waals surface area contributed by atoms with E-state index >= 15 is 0 Å². The van der Waals surface area contributed by atoms with E-state index in [-0.39, 0.29) is 12.5 Å². The summed E-state index contributed by atoms with van der Waals surface area (Å²) in [5, 5.41) is 2.53. The van der Waals surface area contributed by atoms with Crippen molar-refractivity contribution in [3.63, 3.8) is 0 Å². The van der Waals surface area contributed by atoms with Gasteiger partial charge in [0.05, 0.1) is 6.04 Å². The maximum Gasteiger partial charge on any atom is 0.407 e. The molecule has 16 heavy (non-hydrogen) atoms. The Kier molecular flexibility index (Phi) is 5.23. The van der Waals surface area contributed by atoms with Gasteiger partial charge >= 0.3 is 6.09 Å². The van der Waals surface area contributed by atoms with Crippen LogP contribution in [0.4, 0.5) is 4.79 Å². The van der Waals surface area contributed by atoms with Gasteiger partial charge in [0.1, 0.15) is 5.60 Å². The van der Waals surface area contributed by atoms with Crippen molar-refractivity contribution >= 4 is 12.0 Å². The van der Waals surface area contributed by atoms with Gasteiger partial charge in [0.2, 0.25) is 5.91 Å². The molecule has 94 valence electrons. The van der Waals surface area contributed by atoms with Crippen LogP contribution < -0.4 is 16.8 Å². The minimum absolute atomic E-state index is 0.231. The van der Waals surface area contributed by atoms with Crippen LogP contribution in [0.1, 0.15) is 27.7 Å². The lowest BCUT2D eigenvalue weighted by Crippen LogP contribution is -2.46. The van der Waals surface area contributed by atoms with Crippen LogP contribution in [0.3, 0.4) is 0 Å². The topological polar surface area (TPSA) is 107 Å². The Morgan fingerprint density at radius 1 is 1.38 bits per heavy atom. The fourth-order valence-electron chi connectivity index (χ4n) is 0.966. The van der Waals surface area contributed by atoms with Crippen molar-refractivity contribution in [2.24, 2.45) is 17.4 Å². The van der Waals surface area contributed by atoms with Crippen molar-refractivity contribution in [1.82, 2.24) is 5.32 Å². The van der Waals surface area contributed by atoms with Gasteiger partial charge in [0, 0.05) is 6.54 Å². The molecule has 0 aliphatic carbocycles. The van der Waals surface area contributed by atoms with Crippen LogP contribution in [0.15, 0.2) is 0 Å². The second kappa shape index (κ2) is 5.69. The number of hydrogen-bond acceptors (Lipinski definition) is 4. The number of carbonyl (C=O) groups excluding carboxylic acids is 2. The van der Waals surface area contributed by atoms with Gasteiger partial charge in [-0.3, -0.25) is 4.79 Å². The highest BCUT2D eigenvalue weighted by Gasteiger charge is 2.20. The molecule has 0 aromatic heterocycles. The van der Waals surface area contributed by atoms with Crippen LogP contribution in [0, 0.1) is 5.92 Å². The van der Waals surface area contributed by atoms with Crippen LogP contribution in [-0.2, 0) is 9.53 Å². The molecule has 6 heteroatoms. The molecule has 0 rings (SSSR count). The second-order valence-corrected chi connectivity index (χ2v) is 4.79. The van der Waals surface area contributed by atoms with E-state index in [0.29, 0.717) is 0 Å². The van der Waals surface area contributed by atoms with E-state index in [4.69, 9.17) is 16.2 Å². The predicted octanol–water partition coefficient (Wildman–Crippen LogP) is -0.0402. The summed E-state index contributed by atoms with van der Waals surface area (Å²) >= 11 is 0. The first kappa shape index (κ1) is 14.7. The minimum atomic E-state index is -0.769. The lowest BCUT2D eigenvalue weighted by Gasteiger charge is -2.22. The molecule has 2 atom stereocenters. The van der Waals surface area contributed by atoms with Crippen LogP contribution in [-0.4, -0.2) is 30.2 Å². The summed E-state index contributed by atoms with van der Waals surface area (Å²) in [4.78, 5) is 22.0. The monoisotopic (exact) mass is 231 g/mol. The minimum Gasteiger partial charge on any atom is -0.444 e. The molecular formula is C10H21N3O3. The first-order valence-electron chi connectivity index (χ1n) is 5.15. The lowest BCUT2D eigenvalue weighted by atomic mass is 10.0. The molecule has 0 aliphatic heterocycles. The molecule has 0 saturated carbocycles. The number of ether oxygens (including phenoxy) is 1. The predicted molar refractivity (Wildman–Crippen MR) is 60.6 cm³/mol. The molecule has 2 unspecified atom stereocenters. The first-order chi connectivity index (χ1) is 7.13. The van der Waals surface area contributed by atoms with Crippen LogP contribution in [0.2, 0.25) is 0 Å². The Balaban J connectivity index is 3.97. The summed E-state index contributed by atoms with van der Waals surface area (Å²) < 4.78 is 5.02. The summed E-state index contributed by atoms with van der Waals surface area (Å²) in [6.45, 7) is 7.28. The Hall–Kier alpha value is -1.30. The number of rotatable bonds is 4. The zero-order valence-corrected chi connectivity index (χ0v) is 10.2. The molecule has 0 heterocycles. The summed E-state index contributed by atoms with van der Waals surface area (Å²) in [5.41, 5.74) is 10.0. The molecule has 0 radical (unpaired) electrons. The number of nitrogens with one attached hydrogen (secondary N) is 1. The SMILES string of the molecule is CC(CNC(=O)OC(C)(C)C)C(N)C(N)=O. The van der Waals surface area contributed by atoms with E-state index in [1.165, 1.54) is 0 Å². The van der Waals surface area contributed by atoms with Crippen LogP contribution in [0.5, 0.6) is 0 Å². The van der Waals surface area contributed by atoms with Crippen molar-refractivity contribution in [2.45, 2.75) is 39.3 Å². The average molecular weight is 231 g/mol. The third kappa shape index (κ3) is 6.23. The number of nitrogens with two attached hydrogens (primary N) is 2. The molecule has 0 aliphatic rings. The van der Waals surface area contributed by atoms with Gasteiger partial charge in [-0.1, -0.05) is 6.92 Å². The highest BCUT2D eigenvalue weighted by atomic mass is 16.6. The molecule has 0 aromatic rings. The molecule has 0 saturated heterocycles. The fourth-order valence-corrected chi connectivity index (χ4v) is 0.966. The van der Waals surface area contributed by atoms with Crippen molar-refractivity contribution in [3.8, 4) is 0 Å². The normalized spacial score (nSPS) is 15.1. The van der Waals surface area contributed by atoms with E-state index in [1.807, 2.05) is 0 Å². The number of hydrogen-bond donors (Lipinski definition) is 3. The molecule has 0 spiro atoms. The highest BCUT2D eigenvalue weighted by Crippen LogP contribution is 2.06. The van der Waals surface area contributed by atoms with Gasteiger partial charge in [-0.05, 0) is 26.7 Å². The smallest absolute Gasteiger partial charge is 0.407 e. The quantitative estimate of drug-likeness (QED) is 0.631. The van der Waals surface area contributed by atoms with Gasteiger partial charge in [-0.25, -0.2) is 4.79 Å². The van der Waals surface area contributed by atoms with E-state index in [9.17, 15) is 9.59 Å². The van der Waals surface area contributed by atoms with Crippen molar-refractivity contribution < 1.29 is 14.3 Å². The third-order valence-corrected chi connectivity index (χ3v) is 1.91. The Morgan fingerprint density at radius 3 is 2.25 bits per heavy atom. The maximum atomic E-state index is 11.3. The summed E-state index contributed by atoms with van der Waals surface area (Å²) in [5.74, 6) is -0.816. The van der Waals surface area contributed by atoms with E-state index in [1.54, 1.807) is 27.7 Å². The van der Waals surface area contributed by atoms with Gasteiger partial charge in [0.25, 0.3) is 0 Å². The molecule has 0 bridgehead atoms. The maximum absolute atomic E-state index is 11.3. The van der Waals surface area contributed by atoms with Crippen molar-refractivity contribution in [2.75, 3.05) is 6.54 Å². The van der Waals surface area contributed by atoms with Crippen molar-refractivity contribution in [1.29, 1.82) is 0 Å². The zero-order chi connectivity index (χ0) is 12.9. The van der Waals surface area contributed by atoms with Crippen LogP contribution in [0.25, 0.3) is 0 Å². The molecule has 0 fully saturated rings. The molecule has 6 nitrogen and oxygen atoms in total. The largest absolute Gasteiger partial charge is 0.444 e. The highest BCUT2D eigenvalue weighted by molar-refractivity contribution is 5.80. The number of alkyl carbamates (subject to hydrolysis) is 1. The molecule has 0 aromatic carbocycles. The summed E-state index contributed by atoms with van der Waals surface area (Å²) in [6.07, 6.45) is -0.531. The summed E-state index contributed by atoms with van der Waals surface area (Å²) in [7, 11) is 0. The molecule has 2 amide bonds. The Bertz CT molecular complexity index is 261. The van der Waals surface area contributed by atoms with E-state index in [2.05, 4.69) is 5.32 Å². The number of primary amides is 1. The van der Waals surface area contributed by atoms with Gasteiger partial charge in [-0.15, -0.1) is 0 Å². The summed E-state index contributed by atoms with van der Waals surface area (Å²) in [6, 6.07) is -0.769. The van der Waals surface area contributed by atoms with Gasteiger partial charge < -0.3 is 21.5 Å². The molecular weight excluding hydrogens is 210 g/mol. The fraction of sp³-hybridized carbons (Fsp3) is 0.800. The van der Waals surface area contributed by atoms with Gasteiger partial charge in [-0.2, -0.15) is 0 Å². The van der Waals surface area contributed by atoms with Crippen molar-refractivity contribution in [3.05, 3.63) is 0 Å². The lowest BCUT2D eigenvalue weighted by molar-refractivity contribution is -0.120. The van der Waals surface area contributed by atoms with Gasteiger partial charge in [0.15, 0.2) is 0 Å². The second-order valence-electron chi connectivity index (χ2n) is 4.79. The van der Waals surface area contributed by atoms with Crippen LogP contribution >= 0.6 is 0 Å². The van der Waals surface area contributed by atoms with E-state index in [0.717, 1.165) is 0 Å². The van der Waals surface area contributed by atoms with E-state index < -0.39 is 23.6 Å². The number of carbonyl (C=O) groups is 2. The molecule has 5 N–H and O–H groups in total. The average Bonchev–Trinajstić information content (AvgIpc) is 2.09. The Labute approximate surface area is 95.7 Å². The third-order valence-electron chi connectivity index (χ3n) is 1.91.